The highest BCUT2D eigenvalue weighted by atomic mass is 31.1. The molecule has 0 fully saturated rings. The van der Waals surface area contributed by atoms with Crippen molar-refractivity contribution >= 4 is 41.6 Å². The van der Waals surface area contributed by atoms with E-state index in [9.17, 15) is 26.3 Å². The average Bonchev–Trinajstić information content (AvgIpc) is 3.05. The lowest BCUT2D eigenvalue weighted by molar-refractivity contribution is 0.382. The van der Waals surface area contributed by atoms with Gasteiger partial charge in [-0.1, -0.05) is 77.1 Å². The third-order valence-electron chi connectivity index (χ3n) is 8.50. The first kappa shape index (κ1) is 36.9. The SMILES string of the molecule is Cc1cc(C)c(P(/C=C(/[B-](c2c(F)c(F)c(F)c(F)c2F)c2c(F)c(F)c(F)c(F)c2F)c2ccccc2)c2c(C)cc(C)cc2C)c(C)c1. The molecule has 0 spiro atoms. The van der Waals surface area contributed by atoms with Crippen molar-refractivity contribution in [1.29, 1.82) is 0 Å². The monoisotopic (exact) mass is 716 g/mol. The maximum absolute atomic E-state index is 15.8. The van der Waals surface area contributed by atoms with Gasteiger partial charge in [0.2, 0.25) is 0 Å². The van der Waals surface area contributed by atoms with E-state index in [1.165, 1.54) is 36.1 Å². The Morgan fingerprint density at radius 1 is 0.460 bits per heavy atom. The standard InChI is InChI=1S/C38H28BF10P/c1-17-12-19(3)37(20(4)13-17)50(38-21(5)14-18(2)15-22(38)6)16-24(23-10-8-7-9-11-23)39(25-27(40)31(44)35(48)32(45)28(25)41)26-29(42)33(46)36(49)34(47)30(26)43/h7-16H,1-6H3/q-1/b24-16+. The van der Waals surface area contributed by atoms with E-state index in [2.05, 4.69) is 0 Å². The predicted molar refractivity (Wildman–Crippen MR) is 179 cm³/mol. The van der Waals surface area contributed by atoms with Crippen LogP contribution in [0.3, 0.4) is 0 Å². The zero-order valence-corrected chi connectivity index (χ0v) is 28.5. The molecule has 0 atom stereocenters. The van der Waals surface area contributed by atoms with Crippen LogP contribution in [-0.2, 0) is 0 Å². The van der Waals surface area contributed by atoms with Gasteiger partial charge in [-0.3, -0.25) is 0 Å². The summed E-state index contributed by atoms with van der Waals surface area (Å²) in [5, 5.41) is 1.39. The Kier molecular flexibility index (Phi) is 10.4. The second-order valence-corrected chi connectivity index (χ2v) is 14.1. The second-order valence-electron chi connectivity index (χ2n) is 12.2. The van der Waals surface area contributed by atoms with Crippen LogP contribution in [0.1, 0.15) is 38.9 Å². The Bertz CT molecular complexity index is 1970. The molecule has 0 aliphatic rings. The van der Waals surface area contributed by atoms with E-state index in [1.54, 1.807) is 0 Å². The maximum Gasteiger partial charge on any atom is 0.200 e. The lowest BCUT2D eigenvalue weighted by Crippen LogP contribution is -2.52. The Labute approximate surface area is 284 Å². The minimum Gasteiger partial charge on any atom is -0.225 e. The van der Waals surface area contributed by atoms with Gasteiger partial charge < -0.3 is 0 Å². The first-order valence-electron chi connectivity index (χ1n) is 15.2. The summed E-state index contributed by atoms with van der Waals surface area (Å²) in [6, 6.07) is 14.6. The highest BCUT2D eigenvalue weighted by Crippen LogP contribution is 2.44. The van der Waals surface area contributed by atoms with Crippen LogP contribution < -0.4 is 21.5 Å². The predicted octanol–water partition coefficient (Wildman–Crippen LogP) is 9.25. The van der Waals surface area contributed by atoms with Crippen LogP contribution in [0.2, 0.25) is 0 Å². The average molecular weight is 716 g/mol. The van der Waals surface area contributed by atoms with Crippen molar-refractivity contribution in [2.45, 2.75) is 41.5 Å². The van der Waals surface area contributed by atoms with Crippen LogP contribution in [0.15, 0.2) is 60.4 Å². The molecular formula is C38H28BF10P-. The van der Waals surface area contributed by atoms with Gasteiger partial charge in [-0.25, -0.2) is 49.4 Å². The summed E-state index contributed by atoms with van der Waals surface area (Å²) in [4.78, 5) is 0. The molecule has 0 N–H and O–H groups in total. The van der Waals surface area contributed by atoms with Crippen molar-refractivity contribution in [3.05, 3.63) is 158 Å². The van der Waals surface area contributed by atoms with Gasteiger partial charge in [-0.2, -0.15) is 10.9 Å². The molecule has 0 nitrogen and oxygen atoms in total. The van der Waals surface area contributed by atoms with Gasteiger partial charge in [-0.15, -0.1) is 0 Å². The van der Waals surface area contributed by atoms with Crippen molar-refractivity contribution in [2.75, 3.05) is 0 Å². The van der Waals surface area contributed by atoms with Gasteiger partial charge >= 0.3 is 0 Å². The topological polar surface area (TPSA) is 0 Å². The maximum atomic E-state index is 15.8. The third kappa shape index (κ3) is 6.36. The van der Waals surface area contributed by atoms with Gasteiger partial charge in [0.05, 0.1) is 0 Å². The van der Waals surface area contributed by atoms with E-state index < -0.39 is 89.2 Å². The van der Waals surface area contributed by atoms with Crippen molar-refractivity contribution in [1.82, 2.24) is 0 Å². The highest BCUT2D eigenvalue weighted by molar-refractivity contribution is 7.76. The van der Waals surface area contributed by atoms with Gasteiger partial charge in [0.1, 0.15) is 23.3 Å². The van der Waals surface area contributed by atoms with Crippen LogP contribution in [0.25, 0.3) is 5.47 Å². The smallest absolute Gasteiger partial charge is 0.200 e. The molecule has 259 valence electrons. The quantitative estimate of drug-likeness (QED) is 0.0518. The molecule has 0 bridgehead atoms. The van der Waals surface area contributed by atoms with Crippen LogP contribution in [0.5, 0.6) is 0 Å². The molecule has 0 aliphatic heterocycles. The molecule has 0 aliphatic carbocycles. The molecular weight excluding hydrogens is 688 g/mol. The molecule has 0 saturated heterocycles. The Morgan fingerprint density at radius 2 is 0.760 bits per heavy atom. The molecule has 0 unspecified atom stereocenters. The van der Waals surface area contributed by atoms with Crippen molar-refractivity contribution in [3.8, 4) is 0 Å². The number of rotatable bonds is 7. The van der Waals surface area contributed by atoms with E-state index in [4.69, 9.17) is 0 Å². The summed E-state index contributed by atoms with van der Waals surface area (Å²) in [7, 11) is -1.89. The summed E-state index contributed by atoms with van der Waals surface area (Å²) in [5.74, 6) is -23.5. The van der Waals surface area contributed by atoms with Crippen LogP contribution in [0.4, 0.5) is 43.9 Å². The van der Waals surface area contributed by atoms with Crippen LogP contribution >= 0.6 is 7.92 Å². The summed E-state index contributed by atoms with van der Waals surface area (Å²) in [6.45, 7) is 8.24. The first-order valence-corrected chi connectivity index (χ1v) is 16.6. The molecule has 1 radical (unpaired) electrons. The van der Waals surface area contributed by atoms with E-state index in [0.29, 0.717) is 10.6 Å². The number of hydrogen-bond acceptors (Lipinski definition) is 0. The van der Waals surface area contributed by atoms with Gasteiger partial charge in [-0.05, 0) is 89.0 Å². The molecule has 5 rings (SSSR count). The summed E-state index contributed by atoms with van der Waals surface area (Å²) < 4.78 is 152. The second kappa shape index (κ2) is 14.1. The normalized spacial score (nSPS) is 12.1. The lowest BCUT2D eigenvalue weighted by atomic mass is 9.35. The highest BCUT2D eigenvalue weighted by Gasteiger charge is 2.33. The zero-order chi connectivity index (χ0) is 36.9. The number of halogens is 10. The Morgan fingerprint density at radius 3 is 1.08 bits per heavy atom. The van der Waals surface area contributed by atoms with Gasteiger partial charge in [0.25, 0.3) is 0 Å². The summed E-state index contributed by atoms with van der Waals surface area (Å²) in [5.41, 5.74) is 0.717. The molecule has 50 heavy (non-hydrogen) atoms. The molecule has 12 heteroatoms. The fraction of sp³-hybridized carbons (Fsp3) is 0.158. The Balaban J connectivity index is 2.07. The Hall–Kier alpha value is -4.37. The van der Waals surface area contributed by atoms with Gasteiger partial charge in [0, 0.05) is 0 Å². The van der Waals surface area contributed by atoms with Gasteiger partial charge in [0.15, 0.2) is 34.9 Å². The molecule has 0 aromatic heterocycles. The fourth-order valence-electron chi connectivity index (χ4n) is 6.64. The van der Waals surface area contributed by atoms with E-state index in [0.717, 1.165) is 33.4 Å². The fourth-order valence-corrected chi connectivity index (χ4v) is 9.47. The van der Waals surface area contributed by atoms with Crippen molar-refractivity contribution in [2.24, 2.45) is 0 Å². The molecule has 0 heterocycles. The molecule has 0 saturated carbocycles. The zero-order valence-electron chi connectivity index (χ0n) is 27.6. The number of hydrogen-bond donors (Lipinski definition) is 0. The van der Waals surface area contributed by atoms with Crippen LogP contribution in [0, 0.1) is 99.7 Å². The number of aryl methyl sites for hydroxylation is 6. The number of benzene rings is 5. The largest absolute Gasteiger partial charge is 0.225 e. The summed E-state index contributed by atoms with van der Waals surface area (Å²) >= 11 is 0. The van der Waals surface area contributed by atoms with E-state index in [1.807, 2.05) is 65.8 Å². The van der Waals surface area contributed by atoms with Crippen LogP contribution in [-0.4, -0.2) is 6.71 Å². The molecule has 5 aromatic rings. The summed E-state index contributed by atoms with van der Waals surface area (Å²) in [6.07, 6.45) is 0. The third-order valence-corrected chi connectivity index (χ3v) is 11.4. The lowest BCUT2D eigenvalue weighted by Gasteiger charge is -2.37. The van der Waals surface area contributed by atoms with E-state index >= 15 is 17.6 Å². The minimum atomic E-state index is -2.73. The minimum absolute atomic E-state index is 0.0391. The molecule has 5 aromatic carbocycles. The van der Waals surface area contributed by atoms with Crippen molar-refractivity contribution < 1.29 is 43.9 Å². The van der Waals surface area contributed by atoms with Crippen molar-refractivity contribution in [3.63, 3.8) is 0 Å². The first-order chi connectivity index (χ1) is 23.5. The molecule has 0 amide bonds. The van der Waals surface area contributed by atoms with E-state index in [-0.39, 0.29) is 5.56 Å².